The minimum atomic E-state index is -1.80. The molecular formula is C25H27NO5S. The lowest BCUT2D eigenvalue weighted by Gasteiger charge is -2.16. The van der Waals surface area contributed by atoms with Gasteiger partial charge in [-0.15, -0.1) is 0 Å². The van der Waals surface area contributed by atoms with Crippen LogP contribution in [0.4, 0.5) is 0 Å². The van der Waals surface area contributed by atoms with Crippen LogP contribution in [0, 0.1) is 6.92 Å². The number of hydrogen-bond donors (Lipinski definition) is 2. The SMILES string of the molecule is COc1ccc(CC(=O)NCCc2cccc(C)c2)c(CO)c1OS(=O)c1ccccc1. The van der Waals surface area contributed by atoms with E-state index >= 15 is 0 Å². The van der Waals surface area contributed by atoms with Crippen LogP contribution >= 0.6 is 0 Å². The highest BCUT2D eigenvalue weighted by atomic mass is 32.2. The molecule has 0 heterocycles. The Kier molecular flexibility index (Phi) is 8.41. The van der Waals surface area contributed by atoms with E-state index in [1.807, 2.05) is 31.2 Å². The molecule has 0 aromatic heterocycles. The van der Waals surface area contributed by atoms with Gasteiger partial charge in [0.2, 0.25) is 17.0 Å². The predicted octanol–water partition coefficient (Wildman–Crippen LogP) is 3.50. The smallest absolute Gasteiger partial charge is 0.240 e. The van der Waals surface area contributed by atoms with Crippen molar-refractivity contribution in [3.05, 3.63) is 89.0 Å². The van der Waals surface area contributed by atoms with Crippen molar-refractivity contribution in [3.8, 4) is 11.5 Å². The number of methoxy groups -OCH3 is 1. The summed E-state index contributed by atoms with van der Waals surface area (Å²) in [6.07, 6.45) is 0.787. The van der Waals surface area contributed by atoms with Gasteiger partial charge in [0.25, 0.3) is 0 Å². The van der Waals surface area contributed by atoms with E-state index in [2.05, 4.69) is 11.4 Å². The number of aliphatic hydroxyl groups excluding tert-OH is 1. The lowest BCUT2D eigenvalue weighted by atomic mass is 10.0. The minimum Gasteiger partial charge on any atom is -0.493 e. The van der Waals surface area contributed by atoms with Crippen LogP contribution in [-0.4, -0.2) is 28.9 Å². The largest absolute Gasteiger partial charge is 0.493 e. The van der Waals surface area contributed by atoms with Crippen LogP contribution in [-0.2, 0) is 35.3 Å². The first-order valence-corrected chi connectivity index (χ1v) is 11.4. The summed E-state index contributed by atoms with van der Waals surface area (Å²) in [5.74, 6) is 0.330. The first-order chi connectivity index (χ1) is 15.5. The average molecular weight is 454 g/mol. The molecule has 1 amide bonds. The maximum Gasteiger partial charge on any atom is 0.240 e. The monoisotopic (exact) mass is 453 g/mol. The number of carbonyl (C=O) groups excluding carboxylic acids is 1. The quantitative estimate of drug-likeness (QED) is 0.491. The third-order valence-corrected chi connectivity index (χ3v) is 5.94. The second-order valence-electron chi connectivity index (χ2n) is 7.29. The molecule has 2 N–H and O–H groups in total. The zero-order valence-corrected chi connectivity index (χ0v) is 19.0. The number of hydrogen-bond acceptors (Lipinski definition) is 5. The van der Waals surface area contributed by atoms with Crippen LogP contribution in [0.2, 0.25) is 0 Å². The molecule has 3 aromatic rings. The van der Waals surface area contributed by atoms with E-state index in [-0.39, 0.29) is 24.7 Å². The van der Waals surface area contributed by atoms with Gasteiger partial charge in [-0.2, -0.15) is 0 Å². The summed E-state index contributed by atoms with van der Waals surface area (Å²) in [7, 11) is 1.46. The van der Waals surface area contributed by atoms with Gasteiger partial charge in [0, 0.05) is 12.1 Å². The zero-order valence-electron chi connectivity index (χ0n) is 18.2. The molecule has 0 radical (unpaired) electrons. The number of aliphatic hydroxyl groups is 1. The van der Waals surface area contributed by atoms with Crippen molar-refractivity contribution in [2.75, 3.05) is 13.7 Å². The molecular weight excluding hydrogens is 426 g/mol. The number of nitrogens with one attached hydrogen (secondary N) is 1. The number of rotatable bonds is 10. The highest BCUT2D eigenvalue weighted by Crippen LogP contribution is 2.35. The van der Waals surface area contributed by atoms with Crippen molar-refractivity contribution in [1.29, 1.82) is 0 Å². The molecule has 0 spiro atoms. The summed E-state index contributed by atoms with van der Waals surface area (Å²) in [6, 6.07) is 20.2. The molecule has 0 saturated heterocycles. The molecule has 0 saturated carbocycles. The van der Waals surface area contributed by atoms with Gasteiger partial charge in [-0.25, -0.2) is 4.21 Å². The third-order valence-electron chi connectivity index (χ3n) is 4.96. The van der Waals surface area contributed by atoms with Gasteiger partial charge in [0.1, 0.15) is 0 Å². The van der Waals surface area contributed by atoms with Crippen LogP contribution in [0.5, 0.6) is 11.5 Å². The Morgan fingerprint density at radius 2 is 1.84 bits per heavy atom. The van der Waals surface area contributed by atoms with Crippen molar-refractivity contribution in [1.82, 2.24) is 5.32 Å². The second-order valence-corrected chi connectivity index (χ2v) is 8.40. The van der Waals surface area contributed by atoms with Gasteiger partial charge in [0.05, 0.1) is 25.0 Å². The molecule has 6 nitrogen and oxygen atoms in total. The van der Waals surface area contributed by atoms with Crippen LogP contribution < -0.4 is 14.2 Å². The first-order valence-electron chi connectivity index (χ1n) is 10.3. The fourth-order valence-electron chi connectivity index (χ4n) is 3.34. The van der Waals surface area contributed by atoms with E-state index in [1.165, 1.54) is 12.7 Å². The van der Waals surface area contributed by atoms with Crippen LogP contribution in [0.1, 0.15) is 22.3 Å². The van der Waals surface area contributed by atoms with Gasteiger partial charge in [0.15, 0.2) is 11.5 Å². The van der Waals surface area contributed by atoms with Crippen LogP contribution in [0.3, 0.4) is 0 Å². The van der Waals surface area contributed by atoms with E-state index in [0.29, 0.717) is 28.3 Å². The lowest BCUT2D eigenvalue weighted by Crippen LogP contribution is -2.27. The van der Waals surface area contributed by atoms with Gasteiger partial charge < -0.3 is 19.3 Å². The normalized spacial score (nSPS) is 11.6. The molecule has 0 aliphatic rings. The Hall–Kier alpha value is -3.16. The predicted molar refractivity (Wildman–Crippen MR) is 124 cm³/mol. The van der Waals surface area contributed by atoms with Gasteiger partial charge >= 0.3 is 0 Å². The Bertz CT molecular complexity index is 1080. The molecule has 1 unspecified atom stereocenters. The highest BCUT2D eigenvalue weighted by molar-refractivity contribution is 7.80. The third kappa shape index (κ3) is 6.18. The van der Waals surface area contributed by atoms with Crippen molar-refractivity contribution in [2.45, 2.75) is 31.3 Å². The van der Waals surface area contributed by atoms with Crippen LogP contribution in [0.15, 0.2) is 71.6 Å². The summed E-state index contributed by atoms with van der Waals surface area (Å²) >= 11 is -1.80. The van der Waals surface area contributed by atoms with Crippen molar-refractivity contribution < 1.29 is 23.0 Å². The summed E-state index contributed by atoms with van der Waals surface area (Å²) in [4.78, 5) is 13.0. The maximum absolute atomic E-state index is 12.7. The Morgan fingerprint density at radius 1 is 1.06 bits per heavy atom. The van der Waals surface area contributed by atoms with Gasteiger partial charge in [-0.3, -0.25) is 4.79 Å². The second kappa shape index (κ2) is 11.5. The van der Waals surface area contributed by atoms with Crippen molar-refractivity contribution in [2.24, 2.45) is 0 Å². The van der Waals surface area contributed by atoms with E-state index in [4.69, 9.17) is 8.92 Å². The zero-order chi connectivity index (χ0) is 22.9. The number of amides is 1. The molecule has 1 atom stereocenters. The molecule has 0 fully saturated rings. The Morgan fingerprint density at radius 3 is 2.53 bits per heavy atom. The molecule has 3 rings (SSSR count). The fraction of sp³-hybridized carbons (Fsp3) is 0.240. The molecule has 3 aromatic carbocycles. The highest BCUT2D eigenvalue weighted by Gasteiger charge is 2.20. The summed E-state index contributed by atoms with van der Waals surface area (Å²) < 4.78 is 23.7. The molecule has 168 valence electrons. The number of ether oxygens (including phenoxy) is 1. The minimum absolute atomic E-state index is 0.0576. The Labute approximate surface area is 190 Å². The van der Waals surface area contributed by atoms with E-state index in [1.54, 1.807) is 36.4 Å². The first kappa shape index (κ1) is 23.5. The van der Waals surface area contributed by atoms with Gasteiger partial charge in [-0.1, -0.05) is 54.1 Å². The number of aryl methyl sites for hydroxylation is 1. The molecule has 32 heavy (non-hydrogen) atoms. The topological polar surface area (TPSA) is 84.9 Å². The number of benzene rings is 3. The fourth-order valence-corrected chi connectivity index (χ4v) is 4.15. The van der Waals surface area contributed by atoms with E-state index in [9.17, 15) is 14.1 Å². The van der Waals surface area contributed by atoms with E-state index < -0.39 is 11.1 Å². The Balaban J connectivity index is 1.71. The lowest BCUT2D eigenvalue weighted by molar-refractivity contribution is -0.120. The van der Waals surface area contributed by atoms with Crippen LogP contribution in [0.25, 0.3) is 0 Å². The molecule has 7 heteroatoms. The summed E-state index contributed by atoms with van der Waals surface area (Å²) in [5, 5.41) is 12.9. The number of carbonyl (C=O) groups is 1. The molecule has 0 aliphatic heterocycles. The summed E-state index contributed by atoms with van der Waals surface area (Å²) in [6.45, 7) is 2.16. The summed E-state index contributed by atoms with van der Waals surface area (Å²) in [5.41, 5.74) is 3.30. The standard InChI is InChI=1S/C25H27NO5S/c1-18-7-6-8-19(15-18)13-14-26-24(28)16-20-11-12-23(30-2)25(22(20)17-27)31-32(29)21-9-4-3-5-10-21/h3-12,15,27H,13-14,16-17H2,1-2H3,(H,26,28). The van der Waals surface area contributed by atoms with Crippen molar-refractivity contribution in [3.63, 3.8) is 0 Å². The van der Waals surface area contributed by atoms with Crippen molar-refractivity contribution >= 4 is 17.0 Å². The molecule has 0 bridgehead atoms. The molecule has 0 aliphatic carbocycles. The van der Waals surface area contributed by atoms with E-state index in [0.717, 1.165) is 12.0 Å². The average Bonchev–Trinajstić information content (AvgIpc) is 2.80. The maximum atomic E-state index is 12.7. The van der Waals surface area contributed by atoms with Gasteiger partial charge in [-0.05, 0) is 42.7 Å².